The molecule has 1 aliphatic rings. The van der Waals surface area contributed by atoms with Crippen LogP contribution in [-0.4, -0.2) is 29.0 Å². The lowest BCUT2D eigenvalue weighted by molar-refractivity contribution is -0.130. The maximum absolute atomic E-state index is 12.6. The molecule has 0 saturated heterocycles. The Kier molecular flexibility index (Phi) is 4.77. The van der Waals surface area contributed by atoms with E-state index >= 15 is 0 Å². The molecule has 3 aromatic rings. The van der Waals surface area contributed by atoms with Crippen molar-refractivity contribution in [1.82, 2.24) is 9.88 Å². The third-order valence-electron chi connectivity index (χ3n) is 4.88. The summed E-state index contributed by atoms with van der Waals surface area (Å²) in [5.74, 6) is 1.22. The van der Waals surface area contributed by atoms with Gasteiger partial charge in [0.05, 0.1) is 12.1 Å². The third kappa shape index (κ3) is 3.71. The van der Waals surface area contributed by atoms with Crippen LogP contribution < -0.4 is 15.0 Å². The molecule has 0 bridgehead atoms. The molecular formula is C22H22N2O4. The van der Waals surface area contributed by atoms with Crippen LogP contribution in [0.4, 0.5) is 0 Å². The second-order valence-corrected chi connectivity index (χ2v) is 7.07. The standard InChI is InChI=1S/C22H22N2O4/c1-14-3-5-16(6-4-14)12-24(15(2)25)13-18-9-17-10-20-21(28-8-7-27-20)11-19(17)23-22(18)26/h3-6,9-11H,7-8,12-13H2,1-2H3,(H,23,26). The van der Waals surface area contributed by atoms with Crippen LogP contribution in [0.25, 0.3) is 10.9 Å². The summed E-state index contributed by atoms with van der Waals surface area (Å²) in [6, 6.07) is 13.5. The molecule has 1 amide bonds. The van der Waals surface area contributed by atoms with Gasteiger partial charge in [-0.3, -0.25) is 9.59 Å². The first-order valence-corrected chi connectivity index (χ1v) is 9.26. The van der Waals surface area contributed by atoms with Crippen LogP contribution in [0.15, 0.2) is 47.3 Å². The number of hydrogen-bond acceptors (Lipinski definition) is 4. The molecule has 0 aliphatic carbocycles. The van der Waals surface area contributed by atoms with Crippen LogP contribution in [0, 0.1) is 6.92 Å². The highest BCUT2D eigenvalue weighted by atomic mass is 16.6. The van der Waals surface area contributed by atoms with E-state index in [0.29, 0.717) is 42.3 Å². The molecule has 0 saturated carbocycles. The first-order valence-electron chi connectivity index (χ1n) is 9.26. The van der Waals surface area contributed by atoms with Gasteiger partial charge in [-0.15, -0.1) is 0 Å². The summed E-state index contributed by atoms with van der Waals surface area (Å²) in [6.07, 6.45) is 0. The van der Waals surface area contributed by atoms with Gasteiger partial charge in [0.25, 0.3) is 5.56 Å². The molecule has 1 aromatic heterocycles. The summed E-state index contributed by atoms with van der Waals surface area (Å²) >= 11 is 0. The Morgan fingerprint density at radius 1 is 1.04 bits per heavy atom. The highest BCUT2D eigenvalue weighted by molar-refractivity contribution is 5.83. The molecule has 28 heavy (non-hydrogen) atoms. The Hall–Kier alpha value is -3.28. The first kappa shape index (κ1) is 18.1. The minimum Gasteiger partial charge on any atom is -0.486 e. The van der Waals surface area contributed by atoms with Gasteiger partial charge in [-0.05, 0) is 24.6 Å². The molecule has 6 heteroatoms. The molecule has 0 atom stereocenters. The van der Waals surface area contributed by atoms with Crippen molar-refractivity contribution in [2.45, 2.75) is 26.9 Å². The molecule has 1 N–H and O–H groups in total. The van der Waals surface area contributed by atoms with Crippen molar-refractivity contribution in [2.75, 3.05) is 13.2 Å². The molecule has 0 unspecified atom stereocenters. The molecule has 0 fully saturated rings. The second kappa shape index (κ2) is 7.38. The predicted molar refractivity (Wildman–Crippen MR) is 107 cm³/mol. The number of H-pyrrole nitrogens is 1. The van der Waals surface area contributed by atoms with E-state index in [1.807, 2.05) is 43.3 Å². The smallest absolute Gasteiger partial charge is 0.253 e. The number of aryl methyl sites for hydroxylation is 1. The number of carbonyl (C=O) groups is 1. The van der Waals surface area contributed by atoms with Gasteiger partial charge < -0.3 is 19.4 Å². The maximum Gasteiger partial charge on any atom is 0.253 e. The van der Waals surface area contributed by atoms with Crippen molar-refractivity contribution in [3.8, 4) is 11.5 Å². The van der Waals surface area contributed by atoms with E-state index in [-0.39, 0.29) is 18.0 Å². The van der Waals surface area contributed by atoms with Crippen molar-refractivity contribution >= 4 is 16.8 Å². The minimum absolute atomic E-state index is 0.0813. The van der Waals surface area contributed by atoms with Crippen LogP contribution in [0.3, 0.4) is 0 Å². The first-order chi connectivity index (χ1) is 13.5. The van der Waals surface area contributed by atoms with Crippen LogP contribution in [0.5, 0.6) is 11.5 Å². The van der Waals surface area contributed by atoms with Crippen LogP contribution in [0.1, 0.15) is 23.6 Å². The minimum atomic E-state index is -0.209. The van der Waals surface area contributed by atoms with Crippen molar-refractivity contribution < 1.29 is 14.3 Å². The van der Waals surface area contributed by atoms with Crippen molar-refractivity contribution in [1.29, 1.82) is 0 Å². The van der Waals surface area contributed by atoms with Crippen molar-refractivity contribution in [3.05, 3.63) is 69.5 Å². The Balaban J connectivity index is 1.64. The van der Waals surface area contributed by atoms with E-state index < -0.39 is 0 Å². The predicted octanol–water partition coefficient (Wildman–Crippen LogP) is 3.16. The summed E-state index contributed by atoms with van der Waals surface area (Å²) < 4.78 is 11.2. The van der Waals surface area contributed by atoms with Gasteiger partial charge in [-0.1, -0.05) is 29.8 Å². The summed E-state index contributed by atoms with van der Waals surface area (Å²) in [7, 11) is 0. The van der Waals surface area contributed by atoms with Gasteiger partial charge in [0.1, 0.15) is 13.2 Å². The van der Waals surface area contributed by atoms with Crippen molar-refractivity contribution in [2.24, 2.45) is 0 Å². The molecule has 0 radical (unpaired) electrons. The van der Waals surface area contributed by atoms with Gasteiger partial charge in [0, 0.05) is 30.5 Å². The van der Waals surface area contributed by atoms with Gasteiger partial charge >= 0.3 is 0 Å². The van der Waals surface area contributed by atoms with Gasteiger partial charge in [0.2, 0.25) is 5.91 Å². The fourth-order valence-corrected chi connectivity index (χ4v) is 3.30. The molecule has 0 spiro atoms. The Morgan fingerprint density at radius 2 is 1.71 bits per heavy atom. The molecular weight excluding hydrogens is 356 g/mol. The second-order valence-electron chi connectivity index (χ2n) is 7.07. The number of pyridine rings is 1. The number of aromatic nitrogens is 1. The number of benzene rings is 2. The normalized spacial score (nSPS) is 12.8. The molecule has 6 nitrogen and oxygen atoms in total. The van der Waals surface area contributed by atoms with Gasteiger partial charge in [0.15, 0.2) is 11.5 Å². The SMILES string of the molecule is CC(=O)N(Cc1ccc(C)cc1)Cc1cc2cc3c(cc2[nH]c1=O)OCCO3. The molecule has 1 aliphatic heterocycles. The lowest BCUT2D eigenvalue weighted by Crippen LogP contribution is -2.30. The number of nitrogens with one attached hydrogen (secondary N) is 1. The van der Waals surface area contributed by atoms with Gasteiger partial charge in [-0.25, -0.2) is 0 Å². The van der Waals surface area contributed by atoms with Crippen LogP contribution in [0.2, 0.25) is 0 Å². The quantitative estimate of drug-likeness (QED) is 0.757. The number of rotatable bonds is 4. The summed E-state index contributed by atoms with van der Waals surface area (Å²) in [5.41, 5.74) is 3.20. The number of hydrogen-bond donors (Lipinski definition) is 1. The lowest BCUT2D eigenvalue weighted by atomic mass is 10.1. The highest BCUT2D eigenvalue weighted by Crippen LogP contribution is 2.33. The largest absolute Gasteiger partial charge is 0.486 e. The zero-order valence-electron chi connectivity index (χ0n) is 16.0. The third-order valence-corrected chi connectivity index (χ3v) is 4.88. The number of fused-ring (bicyclic) bond motifs is 2. The monoisotopic (exact) mass is 378 g/mol. The number of nitrogens with zero attached hydrogens (tertiary/aromatic N) is 1. The molecule has 144 valence electrons. The zero-order valence-corrected chi connectivity index (χ0v) is 16.0. The van der Waals surface area contributed by atoms with Crippen LogP contribution >= 0.6 is 0 Å². The lowest BCUT2D eigenvalue weighted by Gasteiger charge is -2.22. The number of amides is 1. The molecule has 2 aromatic carbocycles. The van der Waals surface area contributed by atoms with E-state index in [9.17, 15) is 9.59 Å². The van der Waals surface area contributed by atoms with Crippen molar-refractivity contribution in [3.63, 3.8) is 0 Å². The van der Waals surface area contributed by atoms with E-state index in [1.54, 1.807) is 11.0 Å². The van der Waals surface area contributed by atoms with E-state index in [0.717, 1.165) is 10.9 Å². The fourth-order valence-electron chi connectivity index (χ4n) is 3.30. The Bertz CT molecular complexity index is 1090. The highest BCUT2D eigenvalue weighted by Gasteiger charge is 2.16. The average molecular weight is 378 g/mol. The van der Waals surface area contributed by atoms with Crippen LogP contribution in [-0.2, 0) is 17.9 Å². The van der Waals surface area contributed by atoms with E-state index in [1.165, 1.54) is 12.5 Å². The summed E-state index contributed by atoms with van der Waals surface area (Å²) in [6.45, 7) is 5.23. The Labute approximate surface area is 162 Å². The van der Waals surface area contributed by atoms with E-state index in [4.69, 9.17) is 9.47 Å². The number of aromatic amines is 1. The number of ether oxygens (including phenoxy) is 2. The zero-order chi connectivity index (χ0) is 19.7. The van der Waals surface area contributed by atoms with E-state index in [2.05, 4.69) is 4.98 Å². The molecule has 2 heterocycles. The number of carbonyl (C=O) groups excluding carboxylic acids is 1. The summed E-state index contributed by atoms with van der Waals surface area (Å²) in [4.78, 5) is 29.3. The molecule has 4 rings (SSSR count). The Morgan fingerprint density at radius 3 is 2.39 bits per heavy atom. The fraction of sp³-hybridized carbons (Fsp3) is 0.273. The average Bonchev–Trinajstić information content (AvgIpc) is 2.68. The summed E-state index contributed by atoms with van der Waals surface area (Å²) in [5, 5.41) is 0.845. The van der Waals surface area contributed by atoms with Gasteiger partial charge in [-0.2, -0.15) is 0 Å². The maximum atomic E-state index is 12.6. The topological polar surface area (TPSA) is 71.6 Å².